The molecule has 3 atom stereocenters. The molecule has 1 aromatic heterocycles. The Morgan fingerprint density at radius 3 is 3.00 bits per heavy atom. The van der Waals surface area contributed by atoms with E-state index in [0.717, 1.165) is 18.8 Å². The SMILES string of the molecule is CC1CN(C(C)C(=O)NCc2ccco2)CC1N. The largest absolute Gasteiger partial charge is 0.467 e. The van der Waals surface area contributed by atoms with E-state index >= 15 is 0 Å². The molecule has 1 saturated heterocycles. The zero-order chi connectivity index (χ0) is 13.1. The Hall–Kier alpha value is -1.33. The van der Waals surface area contributed by atoms with Crippen molar-refractivity contribution in [1.29, 1.82) is 0 Å². The number of carbonyl (C=O) groups is 1. The van der Waals surface area contributed by atoms with Gasteiger partial charge in [-0.2, -0.15) is 0 Å². The van der Waals surface area contributed by atoms with Gasteiger partial charge in [0.2, 0.25) is 5.91 Å². The van der Waals surface area contributed by atoms with Crippen molar-refractivity contribution in [3.63, 3.8) is 0 Å². The van der Waals surface area contributed by atoms with E-state index in [1.165, 1.54) is 0 Å². The first-order valence-corrected chi connectivity index (χ1v) is 6.37. The van der Waals surface area contributed by atoms with Gasteiger partial charge in [-0.25, -0.2) is 0 Å². The molecule has 100 valence electrons. The van der Waals surface area contributed by atoms with Gasteiger partial charge >= 0.3 is 0 Å². The quantitative estimate of drug-likeness (QED) is 0.820. The van der Waals surface area contributed by atoms with Crippen LogP contribution in [0, 0.1) is 5.92 Å². The third kappa shape index (κ3) is 2.91. The van der Waals surface area contributed by atoms with E-state index in [9.17, 15) is 4.79 Å². The van der Waals surface area contributed by atoms with Crippen LogP contribution < -0.4 is 11.1 Å². The molecule has 2 rings (SSSR count). The van der Waals surface area contributed by atoms with Crippen molar-refractivity contribution in [3.8, 4) is 0 Å². The van der Waals surface area contributed by atoms with E-state index in [-0.39, 0.29) is 18.0 Å². The monoisotopic (exact) mass is 251 g/mol. The third-order valence-corrected chi connectivity index (χ3v) is 3.64. The average Bonchev–Trinajstić information content (AvgIpc) is 2.96. The van der Waals surface area contributed by atoms with E-state index in [2.05, 4.69) is 17.1 Å². The molecule has 3 unspecified atom stereocenters. The van der Waals surface area contributed by atoms with Crippen LogP contribution in [0.25, 0.3) is 0 Å². The van der Waals surface area contributed by atoms with E-state index in [0.29, 0.717) is 12.5 Å². The van der Waals surface area contributed by atoms with Gasteiger partial charge < -0.3 is 15.5 Å². The summed E-state index contributed by atoms with van der Waals surface area (Å²) in [5.74, 6) is 1.24. The van der Waals surface area contributed by atoms with Crippen molar-refractivity contribution < 1.29 is 9.21 Å². The lowest BCUT2D eigenvalue weighted by Crippen LogP contribution is -2.44. The smallest absolute Gasteiger partial charge is 0.237 e. The van der Waals surface area contributed by atoms with Crippen LogP contribution in [-0.4, -0.2) is 36.0 Å². The van der Waals surface area contributed by atoms with Crippen molar-refractivity contribution in [1.82, 2.24) is 10.2 Å². The molecular formula is C13H21N3O2. The summed E-state index contributed by atoms with van der Waals surface area (Å²) in [4.78, 5) is 14.1. The van der Waals surface area contributed by atoms with Gasteiger partial charge in [0.05, 0.1) is 18.8 Å². The lowest BCUT2D eigenvalue weighted by molar-refractivity contribution is -0.125. The number of rotatable bonds is 4. The normalized spacial score (nSPS) is 26.2. The molecule has 1 aromatic rings. The minimum absolute atomic E-state index is 0.0210. The van der Waals surface area contributed by atoms with E-state index < -0.39 is 0 Å². The summed E-state index contributed by atoms with van der Waals surface area (Å²) < 4.78 is 5.17. The zero-order valence-electron chi connectivity index (χ0n) is 10.9. The van der Waals surface area contributed by atoms with Crippen LogP contribution in [0.1, 0.15) is 19.6 Å². The van der Waals surface area contributed by atoms with Crippen molar-refractivity contribution >= 4 is 5.91 Å². The van der Waals surface area contributed by atoms with Gasteiger partial charge in [-0.05, 0) is 25.0 Å². The molecule has 0 bridgehead atoms. The van der Waals surface area contributed by atoms with Crippen molar-refractivity contribution in [2.75, 3.05) is 13.1 Å². The van der Waals surface area contributed by atoms with Crippen LogP contribution in [0.2, 0.25) is 0 Å². The first-order chi connectivity index (χ1) is 8.58. The highest BCUT2D eigenvalue weighted by Crippen LogP contribution is 2.17. The molecule has 0 aliphatic carbocycles. The maximum atomic E-state index is 12.0. The number of hydrogen-bond acceptors (Lipinski definition) is 4. The second kappa shape index (κ2) is 5.54. The van der Waals surface area contributed by atoms with Gasteiger partial charge in [0.25, 0.3) is 0 Å². The Morgan fingerprint density at radius 2 is 2.44 bits per heavy atom. The Kier molecular flexibility index (Phi) is 4.04. The molecule has 1 amide bonds. The van der Waals surface area contributed by atoms with Gasteiger partial charge in [-0.1, -0.05) is 6.92 Å². The highest BCUT2D eigenvalue weighted by atomic mass is 16.3. The van der Waals surface area contributed by atoms with Gasteiger partial charge in [-0.15, -0.1) is 0 Å². The first kappa shape index (κ1) is 13.1. The van der Waals surface area contributed by atoms with Crippen molar-refractivity contribution in [2.45, 2.75) is 32.5 Å². The number of nitrogens with zero attached hydrogens (tertiary/aromatic N) is 1. The summed E-state index contributed by atoms with van der Waals surface area (Å²) in [7, 11) is 0. The highest BCUT2D eigenvalue weighted by molar-refractivity contribution is 5.81. The van der Waals surface area contributed by atoms with Gasteiger partial charge in [0.1, 0.15) is 5.76 Å². The van der Waals surface area contributed by atoms with E-state index in [1.54, 1.807) is 6.26 Å². The van der Waals surface area contributed by atoms with E-state index in [1.807, 2.05) is 19.1 Å². The molecule has 5 heteroatoms. The van der Waals surface area contributed by atoms with Crippen LogP contribution in [0.15, 0.2) is 22.8 Å². The maximum absolute atomic E-state index is 12.0. The molecular weight excluding hydrogens is 230 g/mol. The molecule has 1 aliphatic heterocycles. The van der Waals surface area contributed by atoms with Crippen LogP contribution in [0.4, 0.5) is 0 Å². The lowest BCUT2D eigenvalue weighted by Gasteiger charge is -2.23. The lowest BCUT2D eigenvalue weighted by atomic mass is 10.1. The van der Waals surface area contributed by atoms with Crippen LogP contribution >= 0.6 is 0 Å². The zero-order valence-corrected chi connectivity index (χ0v) is 10.9. The number of furan rings is 1. The molecule has 1 aliphatic rings. The Balaban J connectivity index is 1.82. The number of nitrogens with two attached hydrogens (primary N) is 1. The number of carbonyl (C=O) groups excluding carboxylic acids is 1. The number of nitrogens with one attached hydrogen (secondary N) is 1. The fraction of sp³-hybridized carbons (Fsp3) is 0.615. The summed E-state index contributed by atoms with van der Waals surface area (Å²) in [6.45, 7) is 6.15. The molecule has 1 fully saturated rings. The fourth-order valence-electron chi connectivity index (χ4n) is 2.25. The summed E-state index contributed by atoms with van der Waals surface area (Å²) >= 11 is 0. The summed E-state index contributed by atoms with van der Waals surface area (Å²) in [6, 6.07) is 3.69. The standard InChI is InChI=1S/C13H21N3O2/c1-9-7-16(8-12(9)14)10(2)13(17)15-6-11-4-3-5-18-11/h3-5,9-10,12H,6-8,14H2,1-2H3,(H,15,17). The Bertz CT molecular complexity index is 381. The van der Waals surface area contributed by atoms with Crippen LogP contribution in [-0.2, 0) is 11.3 Å². The Morgan fingerprint density at radius 1 is 1.67 bits per heavy atom. The summed E-state index contributed by atoms with van der Waals surface area (Å²) in [5.41, 5.74) is 5.97. The highest BCUT2D eigenvalue weighted by Gasteiger charge is 2.32. The van der Waals surface area contributed by atoms with Gasteiger partial charge in [0, 0.05) is 19.1 Å². The van der Waals surface area contributed by atoms with Crippen LogP contribution in [0.5, 0.6) is 0 Å². The molecule has 2 heterocycles. The second-order valence-electron chi connectivity index (χ2n) is 5.07. The molecule has 3 N–H and O–H groups in total. The molecule has 18 heavy (non-hydrogen) atoms. The average molecular weight is 251 g/mol. The van der Waals surface area contributed by atoms with Crippen LogP contribution in [0.3, 0.4) is 0 Å². The number of hydrogen-bond donors (Lipinski definition) is 2. The maximum Gasteiger partial charge on any atom is 0.237 e. The minimum Gasteiger partial charge on any atom is -0.467 e. The fourth-order valence-corrected chi connectivity index (χ4v) is 2.25. The van der Waals surface area contributed by atoms with Gasteiger partial charge in [-0.3, -0.25) is 9.69 Å². The molecule has 0 saturated carbocycles. The molecule has 0 aromatic carbocycles. The third-order valence-electron chi connectivity index (χ3n) is 3.64. The summed E-state index contributed by atoms with van der Waals surface area (Å²) in [6.07, 6.45) is 1.60. The molecule has 5 nitrogen and oxygen atoms in total. The predicted octanol–water partition coefficient (Wildman–Crippen LogP) is 0.563. The van der Waals surface area contributed by atoms with Crippen molar-refractivity contribution in [3.05, 3.63) is 24.2 Å². The Labute approximate surface area is 107 Å². The first-order valence-electron chi connectivity index (χ1n) is 6.37. The number of likely N-dealkylation sites (tertiary alicyclic amines) is 1. The second-order valence-corrected chi connectivity index (χ2v) is 5.07. The minimum atomic E-state index is -0.143. The predicted molar refractivity (Wildman–Crippen MR) is 68.7 cm³/mol. The topological polar surface area (TPSA) is 71.5 Å². The van der Waals surface area contributed by atoms with E-state index in [4.69, 9.17) is 10.2 Å². The van der Waals surface area contributed by atoms with Gasteiger partial charge in [0.15, 0.2) is 0 Å². The summed E-state index contributed by atoms with van der Waals surface area (Å²) in [5, 5.41) is 2.88. The molecule has 0 spiro atoms. The molecule has 0 radical (unpaired) electrons. The van der Waals surface area contributed by atoms with Crippen molar-refractivity contribution in [2.24, 2.45) is 11.7 Å². The number of amides is 1.